The van der Waals surface area contributed by atoms with E-state index < -0.39 is 0 Å². The first-order valence-corrected chi connectivity index (χ1v) is 7.87. The fraction of sp³-hybridized carbons (Fsp3) is 0.400. The predicted octanol–water partition coefficient (Wildman–Crippen LogP) is 3.60. The zero-order valence-electron chi connectivity index (χ0n) is 13.0. The minimum atomic E-state index is 0.184. The minimum absolute atomic E-state index is 0.184. The van der Waals surface area contributed by atoms with Gasteiger partial charge in [0.25, 0.3) is 0 Å². The SMILES string of the molecule is Cc1nc(C(C)N(C)Cc2nc(-c3ccco3)no2)c(C)s1. The van der Waals surface area contributed by atoms with E-state index in [-0.39, 0.29) is 6.04 Å². The van der Waals surface area contributed by atoms with Gasteiger partial charge in [-0.2, -0.15) is 4.98 Å². The highest BCUT2D eigenvalue weighted by atomic mass is 32.1. The van der Waals surface area contributed by atoms with Crippen molar-refractivity contribution >= 4 is 11.3 Å². The third-order valence-corrected chi connectivity index (χ3v) is 4.49. The topological polar surface area (TPSA) is 68.2 Å². The molecule has 0 radical (unpaired) electrons. The van der Waals surface area contributed by atoms with Crippen LogP contribution in [0.1, 0.15) is 34.4 Å². The van der Waals surface area contributed by atoms with Crippen LogP contribution in [-0.2, 0) is 6.54 Å². The van der Waals surface area contributed by atoms with Crippen molar-refractivity contribution in [2.24, 2.45) is 0 Å². The monoisotopic (exact) mass is 318 g/mol. The summed E-state index contributed by atoms with van der Waals surface area (Å²) < 4.78 is 10.6. The van der Waals surface area contributed by atoms with E-state index in [9.17, 15) is 0 Å². The number of rotatable bonds is 5. The number of hydrogen-bond acceptors (Lipinski definition) is 7. The zero-order chi connectivity index (χ0) is 15.7. The molecule has 0 saturated heterocycles. The number of hydrogen-bond donors (Lipinski definition) is 0. The lowest BCUT2D eigenvalue weighted by atomic mass is 10.2. The fourth-order valence-electron chi connectivity index (χ4n) is 2.32. The maximum absolute atomic E-state index is 5.30. The molecule has 1 atom stereocenters. The first-order valence-electron chi connectivity index (χ1n) is 7.05. The van der Waals surface area contributed by atoms with Crippen LogP contribution in [0.5, 0.6) is 0 Å². The van der Waals surface area contributed by atoms with Gasteiger partial charge in [0, 0.05) is 4.88 Å². The van der Waals surface area contributed by atoms with Crippen molar-refractivity contribution in [3.63, 3.8) is 0 Å². The van der Waals surface area contributed by atoms with Crippen LogP contribution in [0, 0.1) is 13.8 Å². The van der Waals surface area contributed by atoms with Crippen molar-refractivity contribution in [2.45, 2.75) is 33.4 Å². The number of nitrogens with zero attached hydrogens (tertiary/aromatic N) is 4. The van der Waals surface area contributed by atoms with Gasteiger partial charge in [-0.1, -0.05) is 5.16 Å². The van der Waals surface area contributed by atoms with E-state index in [1.54, 1.807) is 23.7 Å². The first kappa shape index (κ1) is 14.9. The first-order chi connectivity index (χ1) is 10.5. The second-order valence-electron chi connectivity index (χ2n) is 5.25. The van der Waals surface area contributed by atoms with E-state index in [2.05, 4.69) is 33.9 Å². The molecule has 0 bridgehead atoms. The summed E-state index contributed by atoms with van der Waals surface area (Å²) in [5, 5.41) is 5.03. The van der Waals surface area contributed by atoms with Gasteiger partial charge >= 0.3 is 0 Å². The Kier molecular flexibility index (Phi) is 4.08. The molecular formula is C15H18N4O2S. The number of furan rings is 1. The Hall–Kier alpha value is -1.99. The summed E-state index contributed by atoms with van der Waals surface area (Å²) in [7, 11) is 2.02. The molecule has 6 nitrogen and oxygen atoms in total. The number of aryl methyl sites for hydroxylation is 2. The second-order valence-corrected chi connectivity index (χ2v) is 6.66. The molecule has 3 aromatic heterocycles. The molecule has 0 aliphatic rings. The van der Waals surface area contributed by atoms with E-state index in [1.165, 1.54) is 4.88 Å². The average Bonchev–Trinajstić information content (AvgIpc) is 3.18. The largest absolute Gasteiger partial charge is 0.461 e. The molecule has 116 valence electrons. The second kappa shape index (κ2) is 6.02. The molecule has 3 rings (SSSR count). The summed E-state index contributed by atoms with van der Waals surface area (Å²) >= 11 is 1.72. The van der Waals surface area contributed by atoms with E-state index in [0.717, 1.165) is 10.7 Å². The predicted molar refractivity (Wildman–Crippen MR) is 83.5 cm³/mol. The summed E-state index contributed by atoms with van der Waals surface area (Å²) in [5.41, 5.74) is 1.11. The van der Waals surface area contributed by atoms with Gasteiger partial charge in [0.1, 0.15) is 0 Å². The third kappa shape index (κ3) is 2.95. The highest BCUT2D eigenvalue weighted by Crippen LogP contribution is 2.27. The summed E-state index contributed by atoms with van der Waals surface area (Å²) in [6, 6.07) is 3.79. The van der Waals surface area contributed by atoms with Crippen LogP contribution in [0.3, 0.4) is 0 Å². The van der Waals surface area contributed by atoms with Gasteiger partial charge in [0.2, 0.25) is 11.7 Å². The quantitative estimate of drug-likeness (QED) is 0.716. The molecule has 3 aromatic rings. The zero-order valence-corrected chi connectivity index (χ0v) is 13.8. The normalized spacial score (nSPS) is 13.0. The smallest absolute Gasteiger partial charge is 0.241 e. The van der Waals surface area contributed by atoms with Gasteiger partial charge in [-0.25, -0.2) is 4.98 Å². The molecule has 0 aromatic carbocycles. The molecule has 0 amide bonds. The molecule has 0 saturated carbocycles. The van der Waals surface area contributed by atoms with Crippen LogP contribution in [0.25, 0.3) is 11.6 Å². The Bertz CT molecular complexity index is 748. The van der Waals surface area contributed by atoms with Gasteiger partial charge < -0.3 is 8.94 Å². The molecule has 22 heavy (non-hydrogen) atoms. The van der Waals surface area contributed by atoms with E-state index in [0.29, 0.717) is 24.0 Å². The van der Waals surface area contributed by atoms with Gasteiger partial charge in [-0.3, -0.25) is 4.90 Å². The van der Waals surface area contributed by atoms with Crippen LogP contribution in [0.2, 0.25) is 0 Å². The van der Waals surface area contributed by atoms with Crippen molar-refractivity contribution < 1.29 is 8.94 Å². The number of thiazole rings is 1. The lowest BCUT2D eigenvalue weighted by Crippen LogP contribution is -2.23. The van der Waals surface area contributed by atoms with Crippen LogP contribution in [-0.4, -0.2) is 27.1 Å². The van der Waals surface area contributed by atoms with Gasteiger partial charge in [-0.15, -0.1) is 11.3 Å². The summed E-state index contributed by atoms with van der Waals surface area (Å²) in [5.74, 6) is 1.64. The molecular weight excluding hydrogens is 300 g/mol. The third-order valence-electron chi connectivity index (χ3n) is 3.59. The van der Waals surface area contributed by atoms with E-state index in [4.69, 9.17) is 8.94 Å². The summed E-state index contributed by atoms with van der Waals surface area (Å²) in [6.07, 6.45) is 1.59. The lowest BCUT2D eigenvalue weighted by molar-refractivity contribution is 0.213. The number of aromatic nitrogens is 3. The van der Waals surface area contributed by atoms with Crippen molar-refractivity contribution in [3.05, 3.63) is 39.9 Å². The maximum Gasteiger partial charge on any atom is 0.241 e. The van der Waals surface area contributed by atoms with Crippen molar-refractivity contribution in [1.82, 2.24) is 20.0 Å². The van der Waals surface area contributed by atoms with Gasteiger partial charge in [-0.05, 0) is 40.0 Å². The van der Waals surface area contributed by atoms with E-state index in [1.807, 2.05) is 20.0 Å². The summed E-state index contributed by atoms with van der Waals surface area (Å²) in [6.45, 7) is 6.82. The highest BCUT2D eigenvalue weighted by Gasteiger charge is 2.20. The Balaban J connectivity index is 1.71. The molecule has 0 spiro atoms. The Morgan fingerprint density at radius 2 is 2.14 bits per heavy atom. The molecule has 0 aliphatic heterocycles. The molecule has 0 N–H and O–H groups in total. The van der Waals surface area contributed by atoms with Gasteiger partial charge in [0.15, 0.2) is 5.76 Å². The lowest BCUT2D eigenvalue weighted by Gasteiger charge is -2.22. The van der Waals surface area contributed by atoms with Crippen molar-refractivity contribution in [1.29, 1.82) is 0 Å². The Morgan fingerprint density at radius 1 is 1.32 bits per heavy atom. The van der Waals surface area contributed by atoms with Crippen LogP contribution < -0.4 is 0 Å². The summed E-state index contributed by atoms with van der Waals surface area (Å²) in [4.78, 5) is 12.4. The standard InChI is InChI=1S/C15H18N4O2S/c1-9(14-10(2)22-11(3)16-14)19(4)8-13-17-15(18-21-13)12-6-5-7-20-12/h5-7,9H,8H2,1-4H3. The van der Waals surface area contributed by atoms with Crippen LogP contribution in [0.15, 0.2) is 27.3 Å². The Morgan fingerprint density at radius 3 is 2.77 bits per heavy atom. The fourth-order valence-corrected chi connectivity index (χ4v) is 3.22. The van der Waals surface area contributed by atoms with Crippen molar-refractivity contribution in [3.8, 4) is 11.6 Å². The molecule has 0 fully saturated rings. The molecule has 7 heteroatoms. The molecule has 1 unspecified atom stereocenters. The van der Waals surface area contributed by atoms with Crippen LogP contribution in [0.4, 0.5) is 0 Å². The maximum atomic E-state index is 5.30. The minimum Gasteiger partial charge on any atom is -0.461 e. The average molecular weight is 318 g/mol. The highest BCUT2D eigenvalue weighted by molar-refractivity contribution is 7.11. The van der Waals surface area contributed by atoms with Gasteiger partial charge in [0.05, 0.1) is 29.6 Å². The van der Waals surface area contributed by atoms with Crippen molar-refractivity contribution in [2.75, 3.05) is 7.05 Å². The van der Waals surface area contributed by atoms with Crippen LogP contribution >= 0.6 is 11.3 Å². The molecule has 0 aliphatic carbocycles. The Labute approximate surface area is 132 Å². The van der Waals surface area contributed by atoms with E-state index >= 15 is 0 Å². The molecule has 3 heterocycles.